The van der Waals surface area contributed by atoms with Crippen LogP contribution in [0.2, 0.25) is 0 Å². The Balaban J connectivity index is 2.10. The Morgan fingerprint density at radius 3 is 2.46 bits per heavy atom. The summed E-state index contributed by atoms with van der Waals surface area (Å²) in [6, 6.07) is 13.4. The van der Waals surface area contributed by atoms with Crippen molar-refractivity contribution in [2.24, 2.45) is 5.41 Å². The highest BCUT2D eigenvalue weighted by atomic mass is 19.4. The first kappa shape index (κ1) is 16.6. The number of benzene rings is 2. The van der Waals surface area contributed by atoms with Crippen LogP contribution in [0.1, 0.15) is 20.3 Å². The minimum atomic E-state index is -4.86. The van der Waals surface area contributed by atoms with E-state index in [1.165, 1.54) is 6.20 Å². The third-order valence-electron chi connectivity index (χ3n) is 4.57. The number of hydrogen-bond acceptors (Lipinski definition) is 2. The van der Waals surface area contributed by atoms with Crippen molar-refractivity contribution in [1.82, 2.24) is 0 Å². The van der Waals surface area contributed by atoms with E-state index in [9.17, 15) is 18.0 Å². The highest BCUT2D eigenvalue weighted by Gasteiger charge is 2.46. The largest absolute Gasteiger partial charge is 0.454 e. The second-order valence-electron chi connectivity index (χ2n) is 6.70. The summed E-state index contributed by atoms with van der Waals surface area (Å²) in [5.41, 5.74) is -0.168. The highest BCUT2D eigenvalue weighted by molar-refractivity contribution is 6.02. The van der Waals surface area contributed by atoms with E-state index in [1.807, 2.05) is 42.5 Å². The van der Waals surface area contributed by atoms with Crippen molar-refractivity contribution in [1.29, 1.82) is 0 Å². The molecule has 0 radical (unpaired) electrons. The maximum absolute atomic E-state index is 13.0. The Morgan fingerprint density at radius 2 is 1.75 bits per heavy atom. The summed E-state index contributed by atoms with van der Waals surface area (Å²) in [5, 5.41) is 1.96. The third-order valence-corrected chi connectivity index (χ3v) is 4.57. The van der Waals surface area contributed by atoms with Crippen molar-refractivity contribution in [2.75, 3.05) is 11.4 Å². The molecule has 0 aromatic heterocycles. The smallest absolute Gasteiger partial charge is 0.347 e. The van der Waals surface area contributed by atoms with Crippen LogP contribution in [0.3, 0.4) is 0 Å². The van der Waals surface area contributed by atoms with Crippen LogP contribution in [0.5, 0.6) is 0 Å². The summed E-state index contributed by atoms with van der Waals surface area (Å²) >= 11 is 0. The summed E-state index contributed by atoms with van der Waals surface area (Å²) in [6.45, 7) is 3.93. The molecule has 0 bridgehead atoms. The zero-order valence-electron chi connectivity index (χ0n) is 13.5. The van der Waals surface area contributed by atoms with E-state index >= 15 is 0 Å². The molecule has 24 heavy (non-hydrogen) atoms. The molecular weight excluding hydrogens is 315 g/mol. The standard InChI is InChI=1S/C19H18F3NO/c1-18(2)10-11-23(12-15(18)17(24)19(20,21)22)16-9-5-7-13-6-3-4-8-14(13)16/h3-9,12H,10-11H2,1-2H3. The highest BCUT2D eigenvalue weighted by Crippen LogP contribution is 2.40. The number of carbonyl (C=O) groups excluding carboxylic acids is 1. The maximum Gasteiger partial charge on any atom is 0.454 e. The van der Waals surface area contributed by atoms with Crippen molar-refractivity contribution in [3.8, 4) is 0 Å². The van der Waals surface area contributed by atoms with Crippen molar-refractivity contribution < 1.29 is 18.0 Å². The zero-order chi connectivity index (χ0) is 17.5. The fourth-order valence-electron chi connectivity index (χ4n) is 3.10. The molecule has 1 aliphatic heterocycles. The number of fused-ring (bicyclic) bond motifs is 1. The summed E-state index contributed by atoms with van der Waals surface area (Å²) in [7, 11) is 0. The number of anilines is 1. The molecule has 2 nitrogen and oxygen atoms in total. The number of rotatable bonds is 2. The van der Waals surface area contributed by atoms with Crippen molar-refractivity contribution in [2.45, 2.75) is 26.4 Å². The molecule has 2 aromatic rings. The van der Waals surface area contributed by atoms with Crippen LogP contribution in [0.15, 0.2) is 54.2 Å². The minimum absolute atomic E-state index is 0.186. The van der Waals surface area contributed by atoms with E-state index in [0.717, 1.165) is 16.5 Å². The Morgan fingerprint density at radius 1 is 1.08 bits per heavy atom. The van der Waals surface area contributed by atoms with Crippen LogP contribution in [0.4, 0.5) is 18.9 Å². The van der Waals surface area contributed by atoms with Gasteiger partial charge in [0.2, 0.25) is 0 Å². The quantitative estimate of drug-likeness (QED) is 0.763. The molecule has 5 heteroatoms. The van der Waals surface area contributed by atoms with E-state index in [4.69, 9.17) is 0 Å². The van der Waals surface area contributed by atoms with Gasteiger partial charge in [0, 0.05) is 29.4 Å². The normalized spacial score (nSPS) is 17.7. The Bertz CT molecular complexity index is 815. The number of carbonyl (C=O) groups is 1. The molecule has 0 unspecified atom stereocenters. The van der Waals surface area contributed by atoms with E-state index < -0.39 is 17.4 Å². The first-order chi connectivity index (χ1) is 11.2. The number of allylic oxidation sites excluding steroid dienone is 1. The van der Waals surface area contributed by atoms with Crippen molar-refractivity contribution in [3.63, 3.8) is 0 Å². The van der Waals surface area contributed by atoms with Gasteiger partial charge in [-0.2, -0.15) is 13.2 Å². The predicted molar refractivity (Wildman–Crippen MR) is 88.8 cm³/mol. The fourth-order valence-corrected chi connectivity index (χ4v) is 3.10. The summed E-state index contributed by atoms with van der Waals surface area (Å²) in [5.74, 6) is -1.75. The predicted octanol–water partition coefficient (Wildman–Crippen LogP) is 5.09. The van der Waals surface area contributed by atoms with Gasteiger partial charge in [-0.15, -0.1) is 0 Å². The van der Waals surface area contributed by atoms with Gasteiger partial charge in [-0.3, -0.25) is 4.79 Å². The molecule has 126 valence electrons. The number of alkyl halides is 3. The lowest BCUT2D eigenvalue weighted by Crippen LogP contribution is -2.39. The van der Waals surface area contributed by atoms with Gasteiger partial charge in [-0.05, 0) is 23.3 Å². The lowest BCUT2D eigenvalue weighted by atomic mass is 9.77. The minimum Gasteiger partial charge on any atom is -0.347 e. The van der Waals surface area contributed by atoms with Gasteiger partial charge in [0.15, 0.2) is 0 Å². The molecule has 0 saturated heterocycles. The van der Waals surface area contributed by atoms with Crippen LogP contribution in [0, 0.1) is 5.41 Å². The molecule has 0 amide bonds. The zero-order valence-corrected chi connectivity index (χ0v) is 13.5. The SMILES string of the molecule is CC1(C)CCN(c2cccc3ccccc23)C=C1C(=O)C(F)(F)F. The molecule has 1 heterocycles. The van der Waals surface area contributed by atoms with Crippen LogP contribution < -0.4 is 4.90 Å². The lowest BCUT2D eigenvalue weighted by molar-refractivity contribution is -0.167. The fraction of sp³-hybridized carbons (Fsp3) is 0.316. The lowest BCUT2D eigenvalue weighted by Gasteiger charge is -2.37. The second-order valence-corrected chi connectivity index (χ2v) is 6.70. The summed E-state index contributed by atoms with van der Waals surface area (Å²) in [4.78, 5) is 13.6. The molecule has 0 saturated carbocycles. The van der Waals surface area contributed by atoms with Gasteiger partial charge >= 0.3 is 6.18 Å². The maximum atomic E-state index is 13.0. The number of hydrogen-bond donors (Lipinski definition) is 0. The second kappa shape index (κ2) is 5.65. The van der Waals surface area contributed by atoms with Gasteiger partial charge in [0.05, 0.1) is 0 Å². The van der Waals surface area contributed by atoms with Gasteiger partial charge in [-0.25, -0.2) is 0 Å². The summed E-state index contributed by atoms with van der Waals surface area (Å²) < 4.78 is 38.9. The summed E-state index contributed by atoms with van der Waals surface area (Å²) in [6.07, 6.45) is -3.00. The topological polar surface area (TPSA) is 20.3 Å². The van der Waals surface area contributed by atoms with E-state index in [-0.39, 0.29) is 5.57 Å². The van der Waals surface area contributed by atoms with E-state index in [1.54, 1.807) is 18.7 Å². The molecule has 0 spiro atoms. The van der Waals surface area contributed by atoms with Crippen LogP contribution in [-0.2, 0) is 4.79 Å². The van der Waals surface area contributed by atoms with Crippen molar-refractivity contribution >= 4 is 22.2 Å². The average Bonchev–Trinajstić information content (AvgIpc) is 2.53. The molecule has 0 atom stereocenters. The van der Waals surface area contributed by atoms with E-state index in [2.05, 4.69) is 0 Å². The van der Waals surface area contributed by atoms with Crippen LogP contribution in [-0.4, -0.2) is 18.5 Å². The third kappa shape index (κ3) is 2.90. The number of ketones is 1. The molecule has 0 N–H and O–H groups in total. The number of Topliss-reactive ketones (excluding diaryl/α,β-unsaturated/α-hetero) is 1. The molecule has 0 fully saturated rings. The van der Waals surface area contributed by atoms with Crippen molar-refractivity contribution in [3.05, 3.63) is 54.2 Å². The van der Waals surface area contributed by atoms with Gasteiger partial charge in [0.25, 0.3) is 5.78 Å². The van der Waals surface area contributed by atoms with Gasteiger partial charge < -0.3 is 4.90 Å². The first-order valence-electron chi connectivity index (χ1n) is 7.78. The average molecular weight is 333 g/mol. The molecule has 0 aliphatic carbocycles. The Kier molecular flexibility index (Phi) is 3.90. The van der Waals surface area contributed by atoms with Gasteiger partial charge in [-0.1, -0.05) is 50.2 Å². The molecule has 3 rings (SSSR count). The molecule has 2 aromatic carbocycles. The van der Waals surface area contributed by atoms with Crippen LogP contribution in [0.25, 0.3) is 10.8 Å². The Hall–Kier alpha value is -2.30. The monoisotopic (exact) mass is 333 g/mol. The first-order valence-corrected chi connectivity index (χ1v) is 7.78. The van der Waals surface area contributed by atoms with E-state index in [0.29, 0.717) is 13.0 Å². The Labute approximate surface area is 138 Å². The number of halogens is 3. The number of nitrogens with zero attached hydrogens (tertiary/aromatic N) is 1. The van der Waals surface area contributed by atoms with Gasteiger partial charge in [0.1, 0.15) is 0 Å². The van der Waals surface area contributed by atoms with Crippen LogP contribution >= 0.6 is 0 Å². The molecule has 1 aliphatic rings. The molecular formula is C19H18F3NO.